The van der Waals surface area contributed by atoms with E-state index in [4.69, 9.17) is 33.3 Å². The van der Waals surface area contributed by atoms with Crippen LogP contribution in [0.25, 0.3) is 6.08 Å². The number of thiocarbonyl (C=S) groups is 1. The Hall–Kier alpha value is -1.89. The Bertz CT molecular complexity index is 1130. The molecule has 0 aromatic heterocycles. The maximum absolute atomic E-state index is 13.5. The Kier molecular flexibility index (Phi) is 8.37. The molecule has 0 saturated carbocycles. The number of methoxy groups -OCH3 is 1. The predicted octanol–water partition coefficient (Wildman–Crippen LogP) is 5.44. The third-order valence-corrected chi connectivity index (χ3v) is 6.54. The maximum atomic E-state index is 13.5. The van der Waals surface area contributed by atoms with Crippen LogP contribution in [-0.2, 0) is 14.3 Å². The first-order chi connectivity index (χ1) is 15.2. The lowest BCUT2D eigenvalue weighted by atomic mass is 10.1. The molecule has 0 radical (unpaired) electrons. The van der Waals surface area contributed by atoms with E-state index >= 15 is 0 Å². The standard InChI is InChI=1S/C21H16ClFINO5S2/c1-3-29-16-7-11(6-15(24)19(16)30-10-18(26)28-2)8-17-20(27)25(21(31)32-17)12-4-5-14(23)13(22)9-12/h4-9H,3,10H2,1-2H3. The maximum Gasteiger partial charge on any atom is 0.343 e. The van der Waals surface area contributed by atoms with Crippen molar-refractivity contribution in [1.29, 1.82) is 0 Å². The molecule has 0 atom stereocenters. The average Bonchev–Trinajstić information content (AvgIpc) is 3.02. The number of esters is 1. The number of rotatable bonds is 7. The molecule has 1 heterocycles. The van der Waals surface area contributed by atoms with Gasteiger partial charge in [0.2, 0.25) is 0 Å². The van der Waals surface area contributed by atoms with Gasteiger partial charge in [0.25, 0.3) is 5.91 Å². The van der Waals surface area contributed by atoms with E-state index in [1.807, 2.05) is 6.92 Å². The first kappa shape index (κ1) is 24.7. The number of hydrogen-bond donors (Lipinski definition) is 0. The molecule has 1 aliphatic rings. The predicted molar refractivity (Wildman–Crippen MR) is 135 cm³/mol. The highest BCUT2D eigenvalue weighted by Gasteiger charge is 2.33. The van der Waals surface area contributed by atoms with Crippen LogP contribution in [0.15, 0.2) is 35.2 Å². The number of anilines is 1. The van der Waals surface area contributed by atoms with Crippen molar-refractivity contribution in [2.24, 2.45) is 0 Å². The number of carbonyl (C=O) groups excluding carboxylic acids is 2. The van der Waals surface area contributed by atoms with Gasteiger partial charge in [-0.1, -0.05) is 35.6 Å². The van der Waals surface area contributed by atoms with Gasteiger partial charge in [0.15, 0.2) is 22.4 Å². The van der Waals surface area contributed by atoms with Crippen molar-refractivity contribution in [2.45, 2.75) is 6.92 Å². The zero-order valence-corrected chi connectivity index (χ0v) is 21.4. The van der Waals surface area contributed by atoms with Crippen LogP contribution >= 0.6 is 58.2 Å². The minimum Gasteiger partial charge on any atom is -0.490 e. The van der Waals surface area contributed by atoms with E-state index in [0.717, 1.165) is 11.8 Å². The molecule has 0 spiro atoms. The van der Waals surface area contributed by atoms with Crippen LogP contribution in [0, 0.1) is 9.39 Å². The molecule has 32 heavy (non-hydrogen) atoms. The monoisotopic (exact) mass is 607 g/mol. The highest BCUT2D eigenvalue weighted by Crippen LogP contribution is 2.39. The summed E-state index contributed by atoms with van der Waals surface area (Å²) in [4.78, 5) is 26.1. The first-order valence-corrected chi connectivity index (χ1v) is 11.8. The SMILES string of the molecule is CCOc1cc(C=C2SC(=S)N(c3ccc(F)c(Cl)c3)C2=O)cc(I)c1OCC(=O)OC. The third-order valence-electron chi connectivity index (χ3n) is 4.15. The average molecular weight is 608 g/mol. The molecule has 2 aromatic carbocycles. The molecule has 2 aromatic rings. The second-order valence-electron chi connectivity index (χ2n) is 6.24. The van der Waals surface area contributed by atoms with E-state index in [1.54, 1.807) is 18.2 Å². The molecule has 1 aliphatic heterocycles. The van der Waals surface area contributed by atoms with Gasteiger partial charge in [-0.2, -0.15) is 0 Å². The summed E-state index contributed by atoms with van der Waals surface area (Å²) < 4.78 is 30.3. The summed E-state index contributed by atoms with van der Waals surface area (Å²) in [7, 11) is 1.28. The van der Waals surface area contributed by atoms with Crippen LogP contribution in [0.5, 0.6) is 11.5 Å². The molecule has 0 bridgehead atoms. The number of thioether (sulfide) groups is 1. The lowest BCUT2D eigenvalue weighted by molar-refractivity contribution is -0.142. The van der Waals surface area contributed by atoms with E-state index in [-0.39, 0.29) is 17.5 Å². The number of nitrogens with zero attached hydrogens (tertiary/aromatic N) is 1. The lowest BCUT2D eigenvalue weighted by Crippen LogP contribution is -2.27. The number of benzene rings is 2. The van der Waals surface area contributed by atoms with E-state index < -0.39 is 11.8 Å². The smallest absolute Gasteiger partial charge is 0.343 e. The van der Waals surface area contributed by atoms with Crippen LogP contribution in [0.4, 0.5) is 10.1 Å². The van der Waals surface area contributed by atoms with Crippen molar-refractivity contribution in [3.05, 3.63) is 55.2 Å². The van der Waals surface area contributed by atoms with Crippen molar-refractivity contribution >= 4 is 86.1 Å². The number of amides is 1. The van der Waals surface area contributed by atoms with E-state index in [9.17, 15) is 14.0 Å². The number of ether oxygens (including phenoxy) is 3. The van der Waals surface area contributed by atoms with Crippen molar-refractivity contribution in [1.82, 2.24) is 0 Å². The van der Waals surface area contributed by atoms with Gasteiger partial charge < -0.3 is 14.2 Å². The molecule has 11 heteroatoms. The van der Waals surface area contributed by atoms with Gasteiger partial charge in [0.05, 0.1) is 32.9 Å². The summed E-state index contributed by atoms with van der Waals surface area (Å²) in [6, 6.07) is 7.48. The summed E-state index contributed by atoms with van der Waals surface area (Å²) in [6.07, 6.45) is 1.68. The molecule has 1 saturated heterocycles. The molecule has 168 valence electrons. The summed E-state index contributed by atoms with van der Waals surface area (Å²) >= 11 is 14.4. The van der Waals surface area contributed by atoms with Gasteiger partial charge in [-0.3, -0.25) is 9.69 Å². The Morgan fingerprint density at radius 3 is 2.72 bits per heavy atom. The van der Waals surface area contributed by atoms with Crippen LogP contribution in [-0.4, -0.2) is 36.5 Å². The van der Waals surface area contributed by atoms with E-state index in [0.29, 0.717) is 42.2 Å². The molecular formula is C21H16ClFINO5S2. The van der Waals surface area contributed by atoms with Gasteiger partial charge in [0.1, 0.15) is 5.82 Å². The molecule has 6 nitrogen and oxygen atoms in total. The minimum atomic E-state index is -0.580. The molecule has 1 amide bonds. The van der Waals surface area contributed by atoms with Crippen LogP contribution < -0.4 is 14.4 Å². The first-order valence-electron chi connectivity index (χ1n) is 9.14. The molecule has 1 fully saturated rings. The zero-order chi connectivity index (χ0) is 23.4. The van der Waals surface area contributed by atoms with Crippen molar-refractivity contribution in [2.75, 3.05) is 25.2 Å². The summed E-state index contributed by atoms with van der Waals surface area (Å²) in [5, 5.41) is -0.0982. The molecule has 3 rings (SSSR count). The van der Waals surface area contributed by atoms with Gasteiger partial charge in [-0.25, -0.2) is 9.18 Å². The number of halogens is 3. The largest absolute Gasteiger partial charge is 0.490 e. The van der Waals surface area contributed by atoms with Crippen molar-refractivity contribution < 1.29 is 28.2 Å². The van der Waals surface area contributed by atoms with Gasteiger partial charge in [-0.15, -0.1) is 0 Å². The Morgan fingerprint density at radius 1 is 1.31 bits per heavy atom. The minimum absolute atomic E-state index is 0.0982. The Balaban J connectivity index is 1.91. The fraction of sp³-hybridized carbons (Fsp3) is 0.190. The Labute approximate surface area is 212 Å². The molecule has 0 unspecified atom stereocenters. The van der Waals surface area contributed by atoms with Crippen LogP contribution in [0.3, 0.4) is 0 Å². The number of carbonyl (C=O) groups is 2. The van der Waals surface area contributed by atoms with Gasteiger partial charge in [0, 0.05) is 0 Å². The lowest BCUT2D eigenvalue weighted by Gasteiger charge is -2.15. The molecular weight excluding hydrogens is 592 g/mol. The Morgan fingerprint density at radius 2 is 2.06 bits per heavy atom. The molecule has 0 N–H and O–H groups in total. The highest BCUT2D eigenvalue weighted by molar-refractivity contribution is 14.1. The van der Waals surface area contributed by atoms with E-state index in [1.165, 1.54) is 30.2 Å². The van der Waals surface area contributed by atoms with Crippen LogP contribution in [0.2, 0.25) is 5.02 Å². The normalized spacial score (nSPS) is 14.8. The number of hydrogen-bond acceptors (Lipinski definition) is 7. The van der Waals surface area contributed by atoms with E-state index in [2.05, 4.69) is 27.3 Å². The fourth-order valence-corrected chi connectivity index (χ4v) is 4.99. The van der Waals surface area contributed by atoms with Crippen molar-refractivity contribution in [3.8, 4) is 11.5 Å². The highest BCUT2D eigenvalue weighted by atomic mass is 127. The summed E-state index contributed by atoms with van der Waals surface area (Å²) in [6.45, 7) is 1.94. The second-order valence-corrected chi connectivity index (χ2v) is 9.49. The topological polar surface area (TPSA) is 65.1 Å². The fourth-order valence-electron chi connectivity index (χ4n) is 2.73. The molecule has 0 aliphatic carbocycles. The third kappa shape index (κ3) is 5.53. The second kappa shape index (κ2) is 10.8. The van der Waals surface area contributed by atoms with Crippen molar-refractivity contribution in [3.63, 3.8) is 0 Å². The summed E-state index contributed by atoms with van der Waals surface area (Å²) in [5.74, 6) is -0.610. The van der Waals surface area contributed by atoms with Crippen LogP contribution in [0.1, 0.15) is 12.5 Å². The summed E-state index contributed by atoms with van der Waals surface area (Å²) in [5.41, 5.74) is 1.07. The van der Waals surface area contributed by atoms with Gasteiger partial charge >= 0.3 is 5.97 Å². The zero-order valence-electron chi connectivity index (χ0n) is 16.8. The quantitative estimate of drug-likeness (QED) is 0.180. The van der Waals surface area contributed by atoms with Gasteiger partial charge in [-0.05, 0) is 71.5 Å².